The molecule has 0 unspecified atom stereocenters. The van der Waals surface area contributed by atoms with Crippen LogP contribution in [0.25, 0.3) is 11.0 Å². The van der Waals surface area contributed by atoms with E-state index >= 15 is 0 Å². The molecule has 0 spiro atoms. The average Bonchev–Trinajstić information content (AvgIpc) is 2.91. The first-order chi connectivity index (χ1) is 10.5. The second-order valence-electron chi connectivity index (χ2n) is 5.24. The summed E-state index contributed by atoms with van der Waals surface area (Å²) >= 11 is 0. The van der Waals surface area contributed by atoms with Gasteiger partial charge >= 0.3 is 0 Å². The molecule has 0 aliphatic heterocycles. The molecular weight excluding hydrogens is 282 g/mol. The van der Waals surface area contributed by atoms with Gasteiger partial charge in [0.15, 0.2) is 5.76 Å². The van der Waals surface area contributed by atoms with Gasteiger partial charge in [-0.2, -0.15) is 0 Å². The van der Waals surface area contributed by atoms with Crippen LogP contribution in [0, 0.1) is 24.0 Å². The molecule has 2 aromatic carbocycles. The minimum absolute atomic E-state index is 0.0287. The fourth-order valence-electron chi connectivity index (χ4n) is 2.37. The van der Waals surface area contributed by atoms with Crippen LogP contribution in [0.2, 0.25) is 0 Å². The summed E-state index contributed by atoms with van der Waals surface area (Å²) in [5, 5.41) is 11.3. The zero-order valence-electron chi connectivity index (χ0n) is 12.1. The fourth-order valence-corrected chi connectivity index (χ4v) is 2.37. The Bertz CT molecular complexity index is 908. The first kappa shape index (κ1) is 14.0. The highest BCUT2D eigenvalue weighted by Gasteiger charge is 2.18. The number of non-ortho nitro benzene ring substituents is 1. The second-order valence-corrected chi connectivity index (χ2v) is 5.24. The first-order valence-corrected chi connectivity index (χ1v) is 6.75. The van der Waals surface area contributed by atoms with Gasteiger partial charge in [-0.15, -0.1) is 0 Å². The van der Waals surface area contributed by atoms with Crippen LogP contribution >= 0.6 is 0 Å². The van der Waals surface area contributed by atoms with Crippen molar-refractivity contribution in [1.29, 1.82) is 0 Å². The topological polar surface area (TPSA) is 73.3 Å². The average molecular weight is 295 g/mol. The molecule has 0 aliphatic rings. The monoisotopic (exact) mass is 295 g/mol. The molecule has 110 valence electrons. The standard InChI is InChI=1S/C17H13NO4/c1-10-3-4-11(2)14(7-10)17(19)16-9-12-8-13(18(20)21)5-6-15(12)22-16/h3-9H,1-2H3. The summed E-state index contributed by atoms with van der Waals surface area (Å²) in [6.07, 6.45) is 0. The van der Waals surface area contributed by atoms with Gasteiger partial charge in [0.1, 0.15) is 5.58 Å². The SMILES string of the molecule is Cc1ccc(C)c(C(=O)c2cc3cc([N+](=O)[O-])ccc3o2)c1. The minimum atomic E-state index is -0.474. The van der Waals surface area contributed by atoms with Crippen molar-refractivity contribution >= 4 is 22.4 Å². The van der Waals surface area contributed by atoms with E-state index in [0.29, 0.717) is 16.5 Å². The summed E-state index contributed by atoms with van der Waals surface area (Å²) in [5.41, 5.74) is 2.86. The van der Waals surface area contributed by atoms with Crippen molar-refractivity contribution in [3.8, 4) is 0 Å². The molecule has 3 aromatic rings. The molecule has 0 N–H and O–H groups in total. The molecule has 1 heterocycles. The third-order valence-corrected chi connectivity index (χ3v) is 3.57. The van der Waals surface area contributed by atoms with Crippen molar-refractivity contribution in [3.63, 3.8) is 0 Å². The van der Waals surface area contributed by atoms with Crippen molar-refractivity contribution in [2.45, 2.75) is 13.8 Å². The second kappa shape index (κ2) is 5.11. The number of benzene rings is 2. The summed E-state index contributed by atoms with van der Waals surface area (Å²) in [4.78, 5) is 22.9. The first-order valence-electron chi connectivity index (χ1n) is 6.75. The summed E-state index contributed by atoms with van der Waals surface area (Å²) in [5.74, 6) is -0.0377. The Kier molecular flexibility index (Phi) is 3.25. The van der Waals surface area contributed by atoms with Crippen LogP contribution in [0.1, 0.15) is 27.2 Å². The zero-order valence-corrected chi connectivity index (χ0v) is 12.1. The predicted molar refractivity (Wildman–Crippen MR) is 82.2 cm³/mol. The van der Waals surface area contributed by atoms with Crippen molar-refractivity contribution < 1.29 is 14.1 Å². The van der Waals surface area contributed by atoms with E-state index in [4.69, 9.17) is 4.42 Å². The van der Waals surface area contributed by atoms with Gasteiger partial charge in [0.2, 0.25) is 5.78 Å². The number of hydrogen-bond donors (Lipinski definition) is 0. The molecule has 0 saturated carbocycles. The molecule has 0 fully saturated rings. The number of fused-ring (bicyclic) bond motifs is 1. The summed E-state index contributed by atoms with van der Waals surface area (Å²) in [7, 11) is 0. The lowest BCUT2D eigenvalue weighted by atomic mass is 10.0. The van der Waals surface area contributed by atoms with E-state index < -0.39 is 4.92 Å². The smallest absolute Gasteiger partial charge is 0.270 e. The Morgan fingerprint density at radius 2 is 1.86 bits per heavy atom. The number of furan rings is 1. The van der Waals surface area contributed by atoms with E-state index in [1.165, 1.54) is 18.2 Å². The summed E-state index contributed by atoms with van der Waals surface area (Å²) < 4.78 is 5.54. The maximum atomic E-state index is 12.6. The van der Waals surface area contributed by atoms with Gasteiger partial charge in [-0.05, 0) is 37.6 Å². The molecule has 0 radical (unpaired) electrons. The molecule has 0 amide bonds. The Hall–Kier alpha value is -2.95. The van der Waals surface area contributed by atoms with Crippen LogP contribution in [0.3, 0.4) is 0 Å². The molecule has 5 heteroatoms. The molecule has 0 saturated heterocycles. The van der Waals surface area contributed by atoms with Crippen molar-refractivity contribution in [2.24, 2.45) is 0 Å². The number of nitrogens with zero attached hydrogens (tertiary/aromatic N) is 1. The molecule has 0 bridgehead atoms. The van der Waals surface area contributed by atoms with Gasteiger partial charge in [-0.25, -0.2) is 0 Å². The van der Waals surface area contributed by atoms with Crippen molar-refractivity contribution in [3.05, 3.63) is 75.0 Å². The Morgan fingerprint density at radius 3 is 2.59 bits per heavy atom. The number of nitro benzene ring substituents is 1. The molecule has 1 aromatic heterocycles. The molecule has 0 atom stereocenters. The lowest BCUT2D eigenvalue weighted by molar-refractivity contribution is -0.384. The highest BCUT2D eigenvalue weighted by Crippen LogP contribution is 2.26. The Morgan fingerprint density at radius 1 is 1.09 bits per heavy atom. The highest BCUT2D eigenvalue weighted by molar-refractivity contribution is 6.10. The number of aryl methyl sites for hydroxylation is 2. The number of rotatable bonds is 3. The molecule has 3 rings (SSSR count). The zero-order chi connectivity index (χ0) is 15.9. The highest BCUT2D eigenvalue weighted by atomic mass is 16.6. The van der Waals surface area contributed by atoms with Crippen LogP contribution in [0.15, 0.2) is 46.9 Å². The summed E-state index contributed by atoms with van der Waals surface area (Å²) in [6.45, 7) is 3.78. The van der Waals surface area contributed by atoms with Crippen molar-refractivity contribution in [2.75, 3.05) is 0 Å². The Balaban J connectivity index is 2.08. The number of carbonyl (C=O) groups is 1. The third-order valence-electron chi connectivity index (χ3n) is 3.57. The van der Waals surface area contributed by atoms with Crippen LogP contribution in [0.5, 0.6) is 0 Å². The van der Waals surface area contributed by atoms with E-state index in [-0.39, 0.29) is 17.2 Å². The number of carbonyl (C=O) groups excluding carboxylic acids is 1. The van der Waals surface area contributed by atoms with E-state index in [0.717, 1.165) is 11.1 Å². The van der Waals surface area contributed by atoms with Crippen LogP contribution in [0.4, 0.5) is 5.69 Å². The lowest BCUT2D eigenvalue weighted by Gasteiger charge is -2.03. The maximum absolute atomic E-state index is 12.6. The third kappa shape index (κ3) is 2.37. The van der Waals surface area contributed by atoms with E-state index in [1.807, 2.05) is 32.0 Å². The van der Waals surface area contributed by atoms with Gasteiger partial charge in [0, 0.05) is 23.1 Å². The van der Waals surface area contributed by atoms with Crippen molar-refractivity contribution in [1.82, 2.24) is 0 Å². The molecule has 22 heavy (non-hydrogen) atoms. The van der Waals surface area contributed by atoms with Gasteiger partial charge in [-0.1, -0.05) is 17.7 Å². The van der Waals surface area contributed by atoms with Crippen LogP contribution in [-0.2, 0) is 0 Å². The van der Waals surface area contributed by atoms with E-state index in [9.17, 15) is 14.9 Å². The maximum Gasteiger partial charge on any atom is 0.270 e. The number of nitro groups is 1. The number of ketones is 1. The van der Waals surface area contributed by atoms with Gasteiger partial charge in [-0.3, -0.25) is 14.9 Å². The predicted octanol–water partition coefficient (Wildman–Crippen LogP) is 4.19. The van der Waals surface area contributed by atoms with E-state index in [2.05, 4.69) is 0 Å². The number of hydrogen-bond acceptors (Lipinski definition) is 4. The van der Waals surface area contributed by atoms with E-state index in [1.54, 1.807) is 6.07 Å². The minimum Gasteiger partial charge on any atom is -0.453 e. The molecule has 5 nitrogen and oxygen atoms in total. The fraction of sp³-hybridized carbons (Fsp3) is 0.118. The molecule has 0 aliphatic carbocycles. The largest absolute Gasteiger partial charge is 0.453 e. The van der Waals surface area contributed by atoms with Gasteiger partial charge in [0.25, 0.3) is 5.69 Å². The summed E-state index contributed by atoms with van der Waals surface area (Å²) in [6, 6.07) is 11.5. The Labute approximate surface area is 126 Å². The lowest BCUT2D eigenvalue weighted by Crippen LogP contribution is -2.02. The quantitative estimate of drug-likeness (QED) is 0.412. The van der Waals surface area contributed by atoms with Crippen LogP contribution in [-0.4, -0.2) is 10.7 Å². The van der Waals surface area contributed by atoms with Crippen LogP contribution < -0.4 is 0 Å². The van der Waals surface area contributed by atoms with Gasteiger partial charge in [0.05, 0.1) is 4.92 Å². The van der Waals surface area contributed by atoms with Gasteiger partial charge < -0.3 is 4.42 Å². The normalized spacial score (nSPS) is 10.8. The molecular formula is C17H13NO4.